The normalized spacial score (nSPS) is 11.9. The van der Waals surface area contributed by atoms with Crippen LogP contribution in [0.5, 0.6) is 5.88 Å². The zero-order valence-electron chi connectivity index (χ0n) is 16.6. The molecular weight excluding hydrogens is 382 g/mol. The topological polar surface area (TPSA) is 101 Å². The van der Waals surface area contributed by atoms with Crippen molar-refractivity contribution >= 4 is 11.6 Å². The fraction of sp³-hybridized carbons (Fsp3) is 0.182. The van der Waals surface area contributed by atoms with Crippen LogP contribution in [-0.2, 0) is 6.42 Å². The van der Waals surface area contributed by atoms with Gasteiger partial charge in [0.25, 0.3) is 11.5 Å². The summed E-state index contributed by atoms with van der Waals surface area (Å²) in [7, 11) is 1.52. The van der Waals surface area contributed by atoms with Gasteiger partial charge in [0.1, 0.15) is 0 Å². The summed E-state index contributed by atoms with van der Waals surface area (Å²) < 4.78 is 6.44. The minimum absolute atomic E-state index is 0.194. The lowest BCUT2D eigenvalue weighted by Crippen LogP contribution is -2.30. The predicted molar refractivity (Wildman–Crippen MR) is 112 cm³/mol. The molecule has 1 amide bonds. The van der Waals surface area contributed by atoms with Crippen molar-refractivity contribution in [3.05, 3.63) is 93.7 Å². The molecular formula is C22H21N5O3. The first kappa shape index (κ1) is 19.4. The van der Waals surface area contributed by atoms with Gasteiger partial charge < -0.3 is 10.1 Å². The van der Waals surface area contributed by atoms with Gasteiger partial charge in [0.05, 0.1) is 24.4 Å². The number of nitrogens with one attached hydrogen (secondary N) is 2. The van der Waals surface area contributed by atoms with Crippen molar-refractivity contribution < 1.29 is 9.53 Å². The van der Waals surface area contributed by atoms with E-state index in [4.69, 9.17) is 4.74 Å². The van der Waals surface area contributed by atoms with Gasteiger partial charge in [-0.25, -0.2) is 14.5 Å². The summed E-state index contributed by atoms with van der Waals surface area (Å²) in [4.78, 5) is 33.9. The number of hydrogen-bond acceptors (Lipinski definition) is 5. The number of aryl methyl sites for hydroxylation is 1. The van der Waals surface area contributed by atoms with Crippen molar-refractivity contribution in [1.29, 1.82) is 0 Å². The minimum atomic E-state index is -0.366. The summed E-state index contributed by atoms with van der Waals surface area (Å²) in [6.07, 6.45) is 1.84. The van der Waals surface area contributed by atoms with Crippen molar-refractivity contribution in [2.24, 2.45) is 0 Å². The number of nitrogens with zero attached hydrogens (tertiary/aromatic N) is 3. The Hall–Kier alpha value is -3.94. The zero-order valence-corrected chi connectivity index (χ0v) is 16.6. The quantitative estimate of drug-likeness (QED) is 0.515. The fourth-order valence-electron chi connectivity index (χ4n) is 3.29. The molecule has 0 radical (unpaired) electrons. The fourth-order valence-corrected chi connectivity index (χ4v) is 3.29. The molecule has 0 unspecified atom stereocenters. The molecule has 0 aliphatic rings. The Kier molecular flexibility index (Phi) is 5.30. The SMILES string of the molecule is COc1ccc(C(=O)N[C@H](Cc2cc(=O)n3[nH]c(C)cc3n2)c2ccccc2)cn1. The second-order valence-electron chi connectivity index (χ2n) is 6.95. The summed E-state index contributed by atoms with van der Waals surface area (Å²) in [6.45, 7) is 1.86. The Morgan fingerprint density at radius 1 is 1.20 bits per heavy atom. The van der Waals surface area contributed by atoms with E-state index >= 15 is 0 Å². The van der Waals surface area contributed by atoms with E-state index in [0.29, 0.717) is 29.2 Å². The number of aromatic amines is 1. The van der Waals surface area contributed by atoms with Crippen LogP contribution in [0.3, 0.4) is 0 Å². The second-order valence-corrected chi connectivity index (χ2v) is 6.95. The van der Waals surface area contributed by atoms with Gasteiger partial charge in [-0.2, -0.15) is 0 Å². The Labute approximate surface area is 172 Å². The molecule has 3 aromatic heterocycles. The number of aromatic nitrogens is 4. The van der Waals surface area contributed by atoms with Gasteiger partial charge in [0, 0.05) is 36.5 Å². The molecule has 4 rings (SSSR count). The van der Waals surface area contributed by atoms with E-state index in [1.54, 1.807) is 12.1 Å². The summed E-state index contributed by atoms with van der Waals surface area (Å²) in [5.41, 5.74) is 3.13. The lowest BCUT2D eigenvalue weighted by atomic mass is 10.0. The molecule has 4 aromatic rings. The van der Waals surface area contributed by atoms with Crippen molar-refractivity contribution in [1.82, 2.24) is 24.9 Å². The first-order valence-corrected chi connectivity index (χ1v) is 9.47. The third-order valence-corrected chi connectivity index (χ3v) is 4.76. The van der Waals surface area contributed by atoms with Gasteiger partial charge in [-0.05, 0) is 18.6 Å². The number of pyridine rings is 1. The molecule has 2 N–H and O–H groups in total. The molecule has 0 saturated carbocycles. The van der Waals surface area contributed by atoms with E-state index < -0.39 is 0 Å². The molecule has 0 fully saturated rings. The Morgan fingerprint density at radius 3 is 2.70 bits per heavy atom. The molecule has 8 heteroatoms. The van der Waals surface area contributed by atoms with Crippen molar-refractivity contribution in [2.75, 3.05) is 7.11 Å². The largest absolute Gasteiger partial charge is 0.481 e. The average Bonchev–Trinajstić information content (AvgIpc) is 3.14. The Balaban J connectivity index is 1.63. The number of hydrogen-bond donors (Lipinski definition) is 2. The molecule has 1 aromatic carbocycles. The minimum Gasteiger partial charge on any atom is -0.481 e. The van der Waals surface area contributed by atoms with Crippen LogP contribution in [0.2, 0.25) is 0 Å². The monoisotopic (exact) mass is 403 g/mol. The molecule has 30 heavy (non-hydrogen) atoms. The highest BCUT2D eigenvalue weighted by molar-refractivity contribution is 5.94. The van der Waals surface area contributed by atoms with Crippen LogP contribution in [0.4, 0.5) is 0 Å². The number of fused-ring (bicyclic) bond motifs is 1. The molecule has 1 atom stereocenters. The van der Waals surface area contributed by atoms with Crippen molar-refractivity contribution in [2.45, 2.75) is 19.4 Å². The molecule has 152 valence electrons. The third-order valence-electron chi connectivity index (χ3n) is 4.76. The van der Waals surface area contributed by atoms with E-state index in [0.717, 1.165) is 11.3 Å². The third kappa shape index (κ3) is 4.07. The van der Waals surface area contributed by atoms with Crippen LogP contribution >= 0.6 is 0 Å². The zero-order chi connectivity index (χ0) is 21.1. The summed E-state index contributed by atoms with van der Waals surface area (Å²) in [5.74, 6) is 0.167. The highest BCUT2D eigenvalue weighted by atomic mass is 16.5. The number of methoxy groups -OCH3 is 1. The maximum Gasteiger partial charge on any atom is 0.272 e. The van der Waals surface area contributed by atoms with Gasteiger partial charge in [0.2, 0.25) is 5.88 Å². The smallest absolute Gasteiger partial charge is 0.272 e. The van der Waals surface area contributed by atoms with Gasteiger partial charge in [-0.3, -0.25) is 14.7 Å². The van der Waals surface area contributed by atoms with Crippen molar-refractivity contribution in [3.63, 3.8) is 0 Å². The molecule has 3 heterocycles. The van der Waals surface area contributed by atoms with E-state index in [1.165, 1.54) is 23.9 Å². The van der Waals surface area contributed by atoms with Crippen LogP contribution in [0.25, 0.3) is 5.65 Å². The summed E-state index contributed by atoms with van der Waals surface area (Å²) in [6, 6.07) is 15.8. The first-order valence-electron chi connectivity index (χ1n) is 9.47. The predicted octanol–water partition coefficient (Wildman–Crippen LogP) is 2.45. The molecule has 0 saturated heterocycles. The number of H-pyrrole nitrogens is 1. The van der Waals surface area contributed by atoms with Crippen LogP contribution in [0, 0.1) is 6.92 Å². The number of rotatable bonds is 6. The maximum atomic E-state index is 12.8. The maximum absolute atomic E-state index is 12.8. The molecule has 8 nitrogen and oxygen atoms in total. The van der Waals surface area contributed by atoms with Gasteiger partial charge in [-0.15, -0.1) is 0 Å². The van der Waals surface area contributed by atoms with Crippen LogP contribution < -0.4 is 15.6 Å². The average molecular weight is 403 g/mol. The molecule has 0 aliphatic heterocycles. The van der Waals surface area contributed by atoms with E-state index in [9.17, 15) is 9.59 Å². The Bertz CT molecular complexity index is 1230. The molecule has 0 bridgehead atoms. The van der Waals surface area contributed by atoms with E-state index in [2.05, 4.69) is 20.4 Å². The molecule has 0 aliphatic carbocycles. The van der Waals surface area contributed by atoms with Gasteiger partial charge in [0.15, 0.2) is 5.65 Å². The second kappa shape index (κ2) is 8.20. The summed E-state index contributed by atoms with van der Waals surface area (Å²) in [5, 5.41) is 5.99. The highest BCUT2D eigenvalue weighted by Gasteiger charge is 2.18. The standard InChI is InChI=1S/C22H21N5O3/c1-14-10-19-24-17(12-21(28)27(19)26-14)11-18(15-6-4-3-5-7-15)25-22(29)16-8-9-20(30-2)23-13-16/h3-10,12-13,18,26H,11H2,1-2H3,(H,25,29)/t18-/m1/s1. The van der Waals surface area contributed by atoms with Gasteiger partial charge >= 0.3 is 0 Å². The highest BCUT2D eigenvalue weighted by Crippen LogP contribution is 2.19. The van der Waals surface area contributed by atoms with Crippen LogP contribution in [0.1, 0.15) is 33.4 Å². The van der Waals surface area contributed by atoms with Crippen LogP contribution in [-0.4, -0.2) is 32.6 Å². The number of ether oxygens (including phenoxy) is 1. The van der Waals surface area contributed by atoms with E-state index in [-0.39, 0.29) is 17.5 Å². The number of carbonyl (C=O) groups excluding carboxylic acids is 1. The number of benzene rings is 1. The van der Waals surface area contributed by atoms with Gasteiger partial charge in [-0.1, -0.05) is 30.3 Å². The summed E-state index contributed by atoms with van der Waals surface area (Å²) >= 11 is 0. The lowest BCUT2D eigenvalue weighted by Gasteiger charge is -2.19. The number of carbonyl (C=O) groups is 1. The number of amides is 1. The van der Waals surface area contributed by atoms with Crippen LogP contribution in [0.15, 0.2) is 65.6 Å². The lowest BCUT2D eigenvalue weighted by molar-refractivity contribution is 0.0936. The Morgan fingerprint density at radius 2 is 2.00 bits per heavy atom. The first-order chi connectivity index (χ1) is 14.5. The van der Waals surface area contributed by atoms with E-state index in [1.807, 2.05) is 43.3 Å². The van der Waals surface area contributed by atoms with Crippen molar-refractivity contribution in [3.8, 4) is 5.88 Å². The molecule has 0 spiro atoms.